The van der Waals surface area contributed by atoms with Crippen LogP contribution in [0.4, 0.5) is 0 Å². The van der Waals surface area contributed by atoms with Crippen molar-refractivity contribution < 1.29 is 9.90 Å². The number of hydrogen-bond donors (Lipinski definition) is 1. The molecule has 0 bridgehead atoms. The average Bonchev–Trinajstić information content (AvgIpc) is 2.11. The summed E-state index contributed by atoms with van der Waals surface area (Å²) in [6, 6.07) is -0.303. The van der Waals surface area contributed by atoms with Crippen molar-refractivity contribution in [2.75, 3.05) is 25.1 Å². The highest BCUT2D eigenvalue weighted by molar-refractivity contribution is 7.98. The number of hydrogen-bond acceptors (Lipinski definition) is 3. The lowest BCUT2D eigenvalue weighted by atomic mass is 10.2. The van der Waals surface area contributed by atoms with Gasteiger partial charge >= 0.3 is 5.97 Å². The summed E-state index contributed by atoms with van der Waals surface area (Å²) in [6.07, 6.45) is 2.74. The van der Waals surface area contributed by atoms with Gasteiger partial charge in [-0.25, -0.2) is 0 Å². The molecule has 0 saturated carbocycles. The fraction of sp³-hybridized carbons (Fsp3) is 0.889. The minimum absolute atomic E-state index is 0.303. The Balaban J connectivity index is 4.12. The van der Waals surface area contributed by atoms with E-state index in [0.29, 0.717) is 0 Å². The van der Waals surface area contributed by atoms with Crippen LogP contribution in [0.2, 0.25) is 0 Å². The first-order chi connectivity index (χ1) is 6.17. The van der Waals surface area contributed by atoms with Gasteiger partial charge in [0.25, 0.3) is 0 Å². The largest absolute Gasteiger partial charge is 0.480 e. The molecular formula is C9H19NO2S. The van der Waals surface area contributed by atoms with Crippen molar-refractivity contribution in [2.45, 2.75) is 26.3 Å². The molecule has 4 heteroatoms. The van der Waals surface area contributed by atoms with Crippen molar-refractivity contribution in [3.05, 3.63) is 0 Å². The SMILES string of the molecule is CCN(CC)C(CCSC)C(=O)O. The van der Waals surface area contributed by atoms with Crippen molar-refractivity contribution in [1.82, 2.24) is 4.90 Å². The molecule has 1 N–H and O–H groups in total. The van der Waals surface area contributed by atoms with Crippen molar-refractivity contribution in [3.8, 4) is 0 Å². The number of carboxylic acids is 1. The molecule has 0 saturated heterocycles. The maximum Gasteiger partial charge on any atom is 0.320 e. The molecule has 13 heavy (non-hydrogen) atoms. The van der Waals surface area contributed by atoms with Crippen molar-refractivity contribution in [1.29, 1.82) is 0 Å². The lowest BCUT2D eigenvalue weighted by Crippen LogP contribution is -2.41. The van der Waals surface area contributed by atoms with Crippen LogP contribution in [0.5, 0.6) is 0 Å². The van der Waals surface area contributed by atoms with Crippen LogP contribution >= 0.6 is 11.8 Å². The molecule has 0 fully saturated rings. The first-order valence-corrected chi connectivity index (χ1v) is 6.02. The molecule has 0 aromatic heterocycles. The molecule has 0 heterocycles. The smallest absolute Gasteiger partial charge is 0.320 e. The van der Waals surface area contributed by atoms with Gasteiger partial charge in [-0.1, -0.05) is 13.8 Å². The molecule has 78 valence electrons. The predicted molar refractivity (Wildman–Crippen MR) is 57.3 cm³/mol. The van der Waals surface area contributed by atoms with E-state index in [1.807, 2.05) is 25.0 Å². The number of rotatable bonds is 7. The van der Waals surface area contributed by atoms with Gasteiger partial charge < -0.3 is 5.11 Å². The van der Waals surface area contributed by atoms with Crippen LogP contribution < -0.4 is 0 Å². The zero-order valence-corrected chi connectivity index (χ0v) is 9.43. The molecule has 0 aliphatic heterocycles. The number of nitrogens with zero attached hydrogens (tertiary/aromatic N) is 1. The standard InChI is InChI=1S/C9H19NO2S/c1-4-10(5-2)8(9(11)12)6-7-13-3/h8H,4-7H2,1-3H3,(H,11,12). The van der Waals surface area contributed by atoms with Crippen LogP contribution in [0.15, 0.2) is 0 Å². The Morgan fingerprint density at radius 3 is 2.31 bits per heavy atom. The summed E-state index contributed by atoms with van der Waals surface area (Å²) in [5.41, 5.74) is 0. The van der Waals surface area contributed by atoms with Crippen LogP contribution in [0.3, 0.4) is 0 Å². The van der Waals surface area contributed by atoms with Gasteiger partial charge in [-0.15, -0.1) is 0 Å². The quantitative estimate of drug-likeness (QED) is 0.684. The summed E-state index contributed by atoms with van der Waals surface area (Å²) in [4.78, 5) is 12.9. The Morgan fingerprint density at radius 1 is 1.46 bits per heavy atom. The van der Waals surface area contributed by atoms with Crippen molar-refractivity contribution in [3.63, 3.8) is 0 Å². The van der Waals surface area contributed by atoms with E-state index in [4.69, 9.17) is 5.11 Å². The molecule has 0 aromatic carbocycles. The molecule has 1 unspecified atom stereocenters. The summed E-state index contributed by atoms with van der Waals surface area (Å²) < 4.78 is 0. The minimum Gasteiger partial charge on any atom is -0.480 e. The van der Waals surface area contributed by atoms with Crippen molar-refractivity contribution >= 4 is 17.7 Å². The number of aliphatic carboxylic acids is 1. The Hall–Kier alpha value is -0.220. The molecule has 0 radical (unpaired) electrons. The molecule has 0 aliphatic carbocycles. The third-order valence-electron chi connectivity index (χ3n) is 2.13. The summed E-state index contributed by atoms with van der Waals surface area (Å²) in [5, 5.41) is 8.98. The molecule has 0 rings (SSSR count). The Bertz CT molecular complexity index is 149. The maximum absolute atomic E-state index is 10.9. The van der Waals surface area contributed by atoms with Gasteiger partial charge in [-0.05, 0) is 31.5 Å². The van der Waals surface area contributed by atoms with Crippen LogP contribution in [0, 0.1) is 0 Å². The van der Waals surface area contributed by atoms with Crippen LogP contribution in [0.1, 0.15) is 20.3 Å². The summed E-state index contributed by atoms with van der Waals surface area (Å²) in [7, 11) is 0. The zero-order valence-electron chi connectivity index (χ0n) is 8.62. The highest BCUT2D eigenvalue weighted by Crippen LogP contribution is 2.08. The zero-order chi connectivity index (χ0) is 10.3. The first kappa shape index (κ1) is 12.8. The number of thioether (sulfide) groups is 1. The normalized spacial score (nSPS) is 13.2. The van der Waals surface area contributed by atoms with E-state index in [0.717, 1.165) is 25.3 Å². The van der Waals surface area contributed by atoms with Crippen molar-refractivity contribution in [2.24, 2.45) is 0 Å². The van der Waals surface area contributed by atoms with E-state index in [1.165, 1.54) is 0 Å². The first-order valence-electron chi connectivity index (χ1n) is 4.63. The third-order valence-corrected chi connectivity index (χ3v) is 2.78. The lowest BCUT2D eigenvalue weighted by Gasteiger charge is -2.25. The topological polar surface area (TPSA) is 40.5 Å². The Kier molecular flexibility index (Phi) is 7.09. The second-order valence-electron chi connectivity index (χ2n) is 2.86. The molecule has 3 nitrogen and oxygen atoms in total. The second-order valence-corrected chi connectivity index (χ2v) is 3.84. The van der Waals surface area contributed by atoms with E-state index in [9.17, 15) is 4.79 Å². The van der Waals surface area contributed by atoms with Gasteiger partial charge in [0, 0.05) is 0 Å². The molecule has 0 spiro atoms. The molecule has 0 aliphatic rings. The number of carboxylic acid groups (broad SMARTS) is 1. The van der Waals surface area contributed by atoms with Gasteiger partial charge in [-0.3, -0.25) is 9.69 Å². The summed E-state index contributed by atoms with van der Waals surface area (Å²) >= 11 is 1.70. The lowest BCUT2D eigenvalue weighted by molar-refractivity contribution is -0.143. The second kappa shape index (κ2) is 7.21. The van der Waals surface area contributed by atoms with Gasteiger partial charge in [0.2, 0.25) is 0 Å². The van der Waals surface area contributed by atoms with E-state index in [-0.39, 0.29) is 6.04 Å². The van der Waals surface area contributed by atoms with E-state index < -0.39 is 5.97 Å². The van der Waals surface area contributed by atoms with E-state index in [2.05, 4.69) is 0 Å². The molecule has 0 amide bonds. The summed E-state index contributed by atoms with van der Waals surface area (Å²) in [6.45, 7) is 5.61. The van der Waals surface area contributed by atoms with Gasteiger partial charge in [0.1, 0.15) is 6.04 Å². The van der Waals surface area contributed by atoms with Crippen LogP contribution in [-0.2, 0) is 4.79 Å². The average molecular weight is 205 g/mol. The molecular weight excluding hydrogens is 186 g/mol. The monoisotopic (exact) mass is 205 g/mol. The molecule has 1 atom stereocenters. The van der Waals surface area contributed by atoms with Gasteiger partial charge in [0.15, 0.2) is 0 Å². The minimum atomic E-state index is -0.697. The number of carbonyl (C=O) groups is 1. The van der Waals surface area contributed by atoms with Crippen LogP contribution in [-0.4, -0.2) is 47.1 Å². The van der Waals surface area contributed by atoms with E-state index in [1.54, 1.807) is 11.8 Å². The van der Waals surface area contributed by atoms with E-state index >= 15 is 0 Å². The van der Waals surface area contributed by atoms with Gasteiger partial charge in [0.05, 0.1) is 0 Å². The van der Waals surface area contributed by atoms with Crippen LogP contribution in [0.25, 0.3) is 0 Å². The Morgan fingerprint density at radius 2 is 2.00 bits per heavy atom. The highest BCUT2D eigenvalue weighted by atomic mass is 32.2. The third kappa shape index (κ3) is 4.52. The molecule has 0 aromatic rings. The maximum atomic E-state index is 10.9. The predicted octanol–water partition coefficient (Wildman–Crippen LogP) is 1.53. The fourth-order valence-electron chi connectivity index (χ4n) is 1.36. The Labute approximate surface area is 84.5 Å². The summed E-state index contributed by atoms with van der Waals surface area (Å²) in [5.74, 6) is 0.214. The number of likely N-dealkylation sites (N-methyl/N-ethyl adjacent to an activating group) is 1. The highest BCUT2D eigenvalue weighted by Gasteiger charge is 2.22. The fourth-order valence-corrected chi connectivity index (χ4v) is 1.82. The van der Waals surface area contributed by atoms with Gasteiger partial charge in [-0.2, -0.15) is 11.8 Å².